The molecule has 2 aliphatic rings. The maximum Gasteiger partial charge on any atom is 0.191 e. The van der Waals surface area contributed by atoms with Gasteiger partial charge in [-0.3, -0.25) is 9.89 Å². The smallest absolute Gasteiger partial charge is 0.191 e. The Morgan fingerprint density at radius 2 is 1.96 bits per heavy atom. The van der Waals surface area contributed by atoms with Crippen LogP contribution >= 0.6 is 24.0 Å². The van der Waals surface area contributed by atoms with Crippen molar-refractivity contribution in [3.63, 3.8) is 0 Å². The third-order valence-electron chi connectivity index (χ3n) is 5.36. The van der Waals surface area contributed by atoms with Crippen LogP contribution in [0.1, 0.15) is 25.8 Å². The predicted molar refractivity (Wildman–Crippen MR) is 128 cm³/mol. The van der Waals surface area contributed by atoms with Crippen molar-refractivity contribution >= 4 is 35.6 Å². The van der Waals surface area contributed by atoms with Crippen molar-refractivity contribution in [2.24, 2.45) is 4.99 Å². The van der Waals surface area contributed by atoms with Crippen LogP contribution in [0.3, 0.4) is 0 Å². The number of aliphatic imine (C=N–C) groups is 1. The first-order valence-corrected chi connectivity index (χ1v) is 10.4. The van der Waals surface area contributed by atoms with Gasteiger partial charge >= 0.3 is 0 Å². The van der Waals surface area contributed by atoms with E-state index in [1.165, 1.54) is 11.3 Å². The monoisotopic (exact) mass is 501 g/mol. The van der Waals surface area contributed by atoms with E-state index in [9.17, 15) is 0 Å². The van der Waals surface area contributed by atoms with E-state index >= 15 is 0 Å². The van der Waals surface area contributed by atoms with E-state index in [1.807, 2.05) is 0 Å². The zero-order valence-corrected chi connectivity index (χ0v) is 19.7. The lowest BCUT2D eigenvalue weighted by atomic mass is 10.2. The van der Waals surface area contributed by atoms with Gasteiger partial charge in [0.15, 0.2) is 5.96 Å². The topological polar surface area (TPSA) is 52.1 Å². The van der Waals surface area contributed by atoms with Crippen LogP contribution in [-0.4, -0.2) is 75.9 Å². The quantitative estimate of drug-likeness (QED) is 0.248. The van der Waals surface area contributed by atoms with Gasteiger partial charge in [0.1, 0.15) is 0 Å². The number of nitrogens with zero attached hydrogens (tertiary/aromatic N) is 3. The molecule has 2 N–H and O–H groups in total. The molecule has 6 nitrogen and oxygen atoms in total. The molecule has 158 valence electrons. The maximum atomic E-state index is 5.40. The second kappa shape index (κ2) is 12.5. The summed E-state index contributed by atoms with van der Waals surface area (Å²) in [7, 11) is 0. The second-order valence-corrected chi connectivity index (χ2v) is 7.38. The van der Waals surface area contributed by atoms with Crippen molar-refractivity contribution in [1.82, 2.24) is 15.5 Å². The Morgan fingerprint density at radius 3 is 2.75 bits per heavy atom. The molecule has 1 fully saturated rings. The number of rotatable bonds is 8. The van der Waals surface area contributed by atoms with Gasteiger partial charge in [-0.05, 0) is 44.9 Å². The van der Waals surface area contributed by atoms with Gasteiger partial charge in [-0.1, -0.05) is 18.2 Å². The fourth-order valence-electron chi connectivity index (χ4n) is 3.82. The molecule has 0 saturated carbocycles. The van der Waals surface area contributed by atoms with Crippen LogP contribution in [-0.2, 0) is 11.2 Å². The SMILES string of the molecule is CCNC(=NCC(C)N1CCc2ccccc21)NCCCN1CCOCC1.I. The fourth-order valence-corrected chi connectivity index (χ4v) is 3.82. The molecule has 1 atom stereocenters. The Labute approximate surface area is 187 Å². The van der Waals surface area contributed by atoms with Gasteiger partial charge < -0.3 is 20.3 Å². The van der Waals surface area contributed by atoms with E-state index in [2.05, 4.69) is 58.5 Å². The molecule has 1 saturated heterocycles. The first-order valence-electron chi connectivity index (χ1n) is 10.4. The Morgan fingerprint density at radius 1 is 1.18 bits per heavy atom. The summed E-state index contributed by atoms with van der Waals surface area (Å²) < 4.78 is 5.40. The van der Waals surface area contributed by atoms with Crippen molar-refractivity contribution in [2.75, 3.05) is 63.9 Å². The zero-order chi connectivity index (χ0) is 18.9. The number of morpholine rings is 1. The molecule has 0 spiro atoms. The van der Waals surface area contributed by atoms with Gasteiger partial charge in [0, 0.05) is 44.5 Å². The molecular formula is C21H36IN5O. The van der Waals surface area contributed by atoms with E-state index in [-0.39, 0.29) is 24.0 Å². The summed E-state index contributed by atoms with van der Waals surface area (Å²) in [5.41, 5.74) is 2.84. The van der Waals surface area contributed by atoms with Gasteiger partial charge in [0.25, 0.3) is 0 Å². The third-order valence-corrected chi connectivity index (χ3v) is 5.36. The molecular weight excluding hydrogens is 465 g/mol. The number of hydrogen-bond donors (Lipinski definition) is 2. The van der Waals surface area contributed by atoms with E-state index in [0.717, 1.165) is 77.8 Å². The second-order valence-electron chi connectivity index (χ2n) is 7.38. The largest absolute Gasteiger partial charge is 0.379 e. The number of nitrogens with one attached hydrogen (secondary N) is 2. The van der Waals surface area contributed by atoms with Gasteiger partial charge in [0.05, 0.1) is 19.8 Å². The highest BCUT2D eigenvalue weighted by atomic mass is 127. The lowest BCUT2D eigenvalue weighted by molar-refractivity contribution is 0.0376. The normalized spacial score (nSPS) is 18.4. The Hall–Kier alpha value is -1.06. The predicted octanol–water partition coefficient (Wildman–Crippen LogP) is 2.33. The lowest BCUT2D eigenvalue weighted by Gasteiger charge is -2.27. The molecule has 2 heterocycles. The van der Waals surface area contributed by atoms with Crippen LogP contribution < -0.4 is 15.5 Å². The highest BCUT2D eigenvalue weighted by Gasteiger charge is 2.22. The minimum atomic E-state index is 0. The number of hydrogen-bond acceptors (Lipinski definition) is 4. The lowest BCUT2D eigenvalue weighted by Crippen LogP contribution is -2.41. The average Bonchev–Trinajstić information content (AvgIpc) is 3.14. The van der Waals surface area contributed by atoms with E-state index in [1.54, 1.807) is 0 Å². The third kappa shape index (κ3) is 6.77. The van der Waals surface area contributed by atoms with Crippen molar-refractivity contribution < 1.29 is 4.74 Å². The maximum absolute atomic E-state index is 5.40. The molecule has 7 heteroatoms. The summed E-state index contributed by atoms with van der Waals surface area (Å²) in [4.78, 5) is 9.80. The van der Waals surface area contributed by atoms with E-state index in [0.29, 0.717) is 6.04 Å². The number of ether oxygens (including phenoxy) is 1. The molecule has 1 unspecified atom stereocenters. The minimum absolute atomic E-state index is 0. The van der Waals surface area contributed by atoms with Crippen LogP contribution in [0, 0.1) is 0 Å². The van der Waals surface area contributed by atoms with Crippen LogP contribution in [0.25, 0.3) is 0 Å². The van der Waals surface area contributed by atoms with Gasteiger partial charge in [-0.25, -0.2) is 0 Å². The highest BCUT2D eigenvalue weighted by Crippen LogP contribution is 2.29. The molecule has 0 radical (unpaired) electrons. The Bertz CT molecular complexity index is 606. The number of guanidine groups is 1. The minimum Gasteiger partial charge on any atom is -0.379 e. The summed E-state index contributed by atoms with van der Waals surface area (Å²) in [6, 6.07) is 9.14. The van der Waals surface area contributed by atoms with Crippen LogP contribution in [0.15, 0.2) is 29.3 Å². The summed E-state index contributed by atoms with van der Waals surface area (Å²) in [5.74, 6) is 0.929. The number of para-hydroxylation sites is 1. The van der Waals surface area contributed by atoms with Crippen LogP contribution in [0.5, 0.6) is 0 Å². The summed E-state index contributed by atoms with van der Waals surface area (Å²) in [6.45, 7) is 13.1. The molecule has 0 bridgehead atoms. The first-order chi connectivity index (χ1) is 13.3. The molecule has 2 aliphatic heterocycles. The van der Waals surface area contributed by atoms with Gasteiger partial charge in [0.2, 0.25) is 0 Å². The number of anilines is 1. The van der Waals surface area contributed by atoms with E-state index < -0.39 is 0 Å². The standard InChI is InChI=1S/C21H35N5O.HI/c1-3-22-21(23-10-6-11-25-13-15-27-16-14-25)24-17-18(2)26-12-9-19-7-4-5-8-20(19)26;/h4-5,7-8,18H,3,6,9-17H2,1-2H3,(H2,22,23,24);1H. The van der Waals surface area contributed by atoms with Gasteiger partial charge in [-0.2, -0.15) is 0 Å². The molecule has 1 aromatic rings. The van der Waals surface area contributed by atoms with E-state index in [4.69, 9.17) is 9.73 Å². The van der Waals surface area contributed by atoms with Crippen molar-refractivity contribution in [3.05, 3.63) is 29.8 Å². The molecule has 0 amide bonds. The Kier molecular flexibility index (Phi) is 10.4. The molecule has 1 aromatic carbocycles. The summed E-state index contributed by atoms with van der Waals surface area (Å²) >= 11 is 0. The molecule has 28 heavy (non-hydrogen) atoms. The fraction of sp³-hybridized carbons (Fsp3) is 0.667. The average molecular weight is 501 g/mol. The first kappa shape index (κ1) is 23.2. The number of benzene rings is 1. The van der Waals surface area contributed by atoms with Crippen LogP contribution in [0.4, 0.5) is 5.69 Å². The molecule has 0 aliphatic carbocycles. The Balaban J connectivity index is 0.00000280. The zero-order valence-electron chi connectivity index (χ0n) is 17.3. The van der Waals surface area contributed by atoms with Gasteiger partial charge in [-0.15, -0.1) is 24.0 Å². The molecule has 0 aromatic heterocycles. The number of halogens is 1. The summed E-state index contributed by atoms with van der Waals surface area (Å²) in [5, 5.41) is 6.86. The summed E-state index contributed by atoms with van der Waals surface area (Å²) in [6.07, 6.45) is 2.27. The van der Waals surface area contributed by atoms with Crippen molar-refractivity contribution in [3.8, 4) is 0 Å². The number of fused-ring (bicyclic) bond motifs is 1. The molecule has 3 rings (SSSR count). The van der Waals surface area contributed by atoms with Crippen molar-refractivity contribution in [2.45, 2.75) is 32.7 Å². The van der Waals surface area contributed by atoms with Crippen molar-refractivity contribution in [1.29, 1.82) is 0 Å². The van der Waals surface area contributed by atoms with Crippen LogP contribution in [0.2, 0.25) is 0 Å². The highest BCUT2D eigenvalue weighted by molar-refractivity contribution is 14.0.